The molecule has 0 atom stereocenters. The van der Waals surface area contributed by atoms with E-state index in [0.29, 0.717) is 0 Å². The predicted octanol–water partition coefficient (Wildman–Crippen LogP) is 18.6. The van der Waals surface area contributed by atoms with Crippen LogP contribution in [0.15, 0.2) is 205 Å². The van der Waals surface area contributed by atoms with Crippen LogP contribution in [0.2, 0.25) is 0 Å². The van der Waals surface area contributed by atoms with Gasteiger partial charge < -0.3 is 9.32 Å². The molecule has 0 spiro atoms. The maximum Gasteiger partial charge on any atom is 0.143 e. The van der Waals surface area contributed by atoms with Crippen LogP contribution in [-0.2, 0) is 5.41 Å². The van der Waals surface area contributed by atoms with Crippen molar-refractivity contribution in [1.82, 2.24) is 0 Å². The van der Waals surface area contributed by atoms with Crippen LogP contribution in [0.3, 0.4) is 0 Å². The van der Waals surface area contributed by atoms with Crippen LogP contribution in [0.1, 0.15) is 25.0 Å². The molecule has 13 aromatic rings. The van der Waals surface area contributed by atoms with Crippen LogP contribution >= 0.6 is 22.7 Å². The third-order valence-corrected chi connectivity index (χ3v) is 16.5. The minimum Gasteiger partial charge on any atom is -0.455 e. The van der Waals surface area contributed by atoms with Gasteiger partial charge in [-0.2, -0.15) is 0 Å². The van der Waals surface area contributed by atoms with E-state index in [4.69, 9.17) is 4.42 Å². The summed E-state index contributed by atoms with van der Waals surface area (Å²) >= 11 is 3.74. The molecule has 306 valence electrons. The molecule has 3 aromatic heterocycles. The second-order valence-corrected chi connectivity index (χ2v) is 20.1. The average Bonchev–Trinajstić information content (AvgIpc) is 4.09. The van der Waals surface area contributed by atoms with Gasteiger partial charge in [0.1, 0.15) is 11.2 Å². The van der Waals surface area contributed by atoms with E-state index in [1.165, 1.54) is 90.1 Å². The van der Waals surface area contributed by atoms with Crippen molar-refractivity contribution in [3.8, 4) is 33.4 Å². The molecule has 0 fully saturated rings. The minimum absolute atomic E-state index is 0.140. The number of rotatable bonds is 5. The molecule has 0 aliphatic heterocycles. The van der Waals surface area contributed by atoms with Gasteiger partial charge in [-0.25, -0.2) is 0 Å². The average molecular weight is 866 g/mol. The SMILES string of the molecule is CC1(C)c2ccccc2-c2ccc(N(c3ccc(-c4cccc5c4sc4ccccc45)cc3)c3ccc4c(c3)oc3c(-c5cccc6c5sc5ccccc56)c5ccccc5cc34)cc21. The molecule has 1 aliphatic rings. The third-order valence-electron chi connectivity index (χ3n) is 14.1. The zero-order chi connectivity index (χ0) is 43.0. The largest absolute Gasteiger partial charge is 0.455 e. The number of hydrogen-bond donors (Lipinski definition) is 0. The van der Waals surface area contributed by atoms with E-state index in [1.807, 2.05) is 22.7 Å². The van der Waals surface area contributed by atoms with Gasteiger partial charge in [-0.3, -0.25) is 0 Å². The molecule has 14 rings (SSSR count). The Morgan fingerprint density at radius 2 is 0.969 bits per heavy atom. The summed E-state index contributed by atoms with van der Waals surface area (Å²) in [4.78, 5) is 2.41. The Morgan fingerprint density at radius 3 is 1.74 bits per heavy atom. The molecule has 0 N–H and O–H groups in total. The number of hydrogen-bond acceptors (Lipinski definition) is 4. The standard InChI is InChI=1S/C61H39NOS2/c1-61(2)52-22-8-5-15-43(52)44-31-29-39(34-53(44)61)62(38-27-25-36(26-28-38)42-18-11-19-48-46-16-6-9-23-55(46)64-59(42)48)40-30-32-45-51-33-37-13-3-4-14-41(37)57(58(51)63-54(45)35-40)50-21-12-20-49-47-17-7-10-24-56(47)65-60(49)50/h3-35H,1-2H3. The third kappa shape index (κ3) is 5.39. The summed E-state index contributed by atoms with van der Waals surface area (Å²) in [6.45, 7) is 4.72. The van der Waals surface area contributed by atoms with E-state index in [0.717, 1.165) is 44.6 Å². The molecule has 0 amide bonds. The van der Waals surface area contributed by atoms with Crippen LogP contribution in [0, 0.1) is 0 Å². The molecule has 0 bridgehead atoms. The van der Waals surface area contributed by atoms with Gasteiger partial charge in [-0.15, -0.1) is 22.7 Å². The first-order valence-electron chi connectivity index (χ1n) is 22.3. The number of thiophene rings is 2. The van der Waals surface area contributed by atoms with Crippen molar-refractivity contribution in [2.45, 2.75) is 19.3 Å². The van der Waals surface area contributed by atoms with E-state index in [9.17, 15) is 0 Å². The fourth-order valence-electron chi connectivity index (χ4n) is 11.0. The number of furan rings is 1. The fourth-order valence-corrected chi connectivity index (χ4v) is 13.4. The maximum absolute atomic E-state index is 7.20. The Kier molecular flexibility index (Phi) is 7.81. The fraction of sp³-hybridized carbons (Fsp3) is 0.0492. The van der Waals surface area contributed by atoms with Crippen molar-refractivity contribution in [2.24, 2.45) is 0 Å². The molecular weight excluding hydrogens is 827 g/mol. The lowest BCUT2D eigenvalue weighted by Crippen LogP contribution is -2.16. The molecule has 4 heteroatoms. The van der Waals surface area contributed by atoms with Crippen molar-refractivity contribution < 1.29 is 4.42 Å². The van der Waals surface area contributed by atoms with E-state index in [1.54, 1.807) is 0 Å². The zero-order valence-corrected chi connectivity index (χ0v) is 37.4. The van der Waals surface area contributed by atoms with Gasteiger partial charge in [-0.05, 0) is 98.8 Å². The van der Waals surface area contributed by atoms with Crippen molar-refractivity contribution in [3.63, 3.8) is 0 Å². The number of anilines is 3. The first kappa shape index (κ1) is 36.9. The van der Waals surface area contributed by atoms with Gasteiger partial charge in [0.25, 0.3) is 0 Å². The van der Waals surface area contributed by atoms with Crippen molar-refractivity contribution in [3.05, 3.63) is 211 Å². The summed E-state index contributed by atoms with van der Waals surface area (Å²) in [6, 6.07) is 73.9. The first-order chi connectivity index (χ1) is 32.0. The Morgan fingerprint density at radius 1 is 0.400 bits per heavy atom. The van der Waals surface area contributed by atoms with Gasteiger partial charge in [0, 0.05) is 90.8 Å². The lowest BCUT2D eigenvalue weighted by molar-refractivity contribution is 0.660. The van der Waals surface area contributed by atoms with Gasteiger partial charge in [0.05, 0.1) is 0 Å². The van der Waals surface area contributed by atoms with Crippen LogP contribution in [0.5, 0.6) is 0 Å². The van der Waals surface area contributed by atoms with Gasteiger partial charge in [0.15, 0.2) is 0 Å². The lowest BCUT2D eigenvalue weighted by atomic mass is 9.82. The highest BCUT2D eigenvalue weighted by Gasteiger charge is 2.36. The smallest absolute Gasteiger partial charge is 0.143 e. The van der Waals surface area contributed by atoms with Gasteiger partial charge in [-0.1, -0.05) is 153 Å². The van der Waals surface area contributed by atoms with Gasteiger partial charge in [0.2, 0.25) is 0 Å². The van der Waals surface area contributed by atoms with E-state index in [2.05, 4.69) is 219 Å². The topological polar surface area (TPSA) is 16.4 Å². The summed E-state index contributed by atoms with van der Waals surface area (Å²) in [5.74, 6) is 0. The minimum atomic E-state index is -0.140. The Labute approximate surface area is 383 Å². The second-order valence-electron chi connectivity index (χ2n) is 18.0. The molecule has 0 radical (unpaired) electrons. The van der Waals surface area contributed by atoms with Crippen LogP contribution in [0.25, 0.3) is 106 Å². The van der Waals surface area contributed by atoms with E-state index < -0.39 is 0 Å². The molecule has 0 saturated carbocycles. The monoisotopic (exact) mass is 865 g/mol. The predicted molar refractivity (Wildman–Crippen MR) is 280 cm³/mol. The van der Waals surface area contributed by atoms with Crippen LogP contribution in [0.4, 0.5) is 17.1 Å². The molecule has 0 saturated heterocycles. The molecule has 2 nitrogen and oxygen atoms in total. The second kappa shape index (κ2) is 13.8. The number of benzene rings is 10. The van der Waals surface area contributed by atoms with Crippen molar-refractivity contribution in [1.29, 1.82) is 0 Å². The van der Waals surface area contributed by atoms with Gasteiger partial charge >= 0.3 is 0 Å². The summed E-state index contributed by atoms with van der Waals surface area (Å²) in [6.07, 6.45) is 0. The zero-order valence-electron chi connectivity index (χ0n) is 35.7. The number of fused-ring (bicyclic) bond motifs is 13. The van der Waals surface area contributed by atoms with E-state index in [-0.39, 0.29) is 5.41 Å². The highest BCUT2D eigenvalue weighted by molar-refractivity contribution is 7.26. The Balaban J connectivity index is 0.965. The summed E-state index contributed by atoms with van der Waals surface area (Å²) in [5.41, 5.74) is 15.1. The molecule has 65 heavy (non-hydrogen) atoms. The molecular formula is C61H39NOS2. The highest BCUT2D eigenvalue weighted by Crippen LogP contribution is 2.52. The summed E-state index contributed by atoms with van der Waals surface area (Å²) < 4.78 is 12.4. The number of nitrogens with zero attached hydrogens (tertiary/aromatic N) is 1. The van der Waals surface area contributed by atoms with Crippen molar-refractivity contribution in [2.75, 3.05) is 4.90 Å². The summed E-state index contributed by atoms with van der Waals surface area (Å²) in [5, 5.41) is 9.84. The normalized spacial score (nSPS) is 13.2. The quantitative estimate of drug-likeness (QED) is 0.171. The molecule has 10 aromatic carbocycles. The first-order valence-corrected chi connectivity index (χ1v) is 24.0. The maximum atomic E-state index is 7.20. The lowest BCUT2D eigenvalue weighted by Gasteiger charge is -2.28. The Bertz CT molecular complexity index is 4110. The Hall–Kier alpha value is -7.50. The van der Waals surface area contributed by atoms with Crippen LogP contribution in [-0.4, -0.2) is 0 Å². The van der Waals surface area contributed by atoms with Crippen LogP contribution < -0.4 is 4.90 Å². The summed E-state index contributed by atoms with van der Waals surface area (Å²) in [7, 11) is 0. The molecule has 0 unspecified atom stereocenters. The van der Waals surface area contributed by atoms with Crippen molar-refractivity contribution >= 4 is 113 Å². The molecule has 3 heterocycles. The van der Waals surface area contributed by atoms with E-state index >= 15 is 0 Å². The molecule has 1 aliphatic carbocycles. The highest BCUT2D eigenvalue weighted by atomic mass is 32.1.